The minimum atomic E-state index is -0.803. The van der Waals surface area contributed by atoms with Gasteiger partial charge in [-0.05, 0) is 23.5 Å². The van der Waals surface area contributed by atoms with Crippen molar-refractivity contribution >= 4 is 28.7 Å². The van der Waals surface area contributed by atoms with Crippen LogP contribution in [0.2, 0.25) is 0 Å². The van der Waals surface area contributed by atoms with E-state index in [1.165, 1.54) is 0 Å². The highest BCUT2D eigenvalue weighted by molar-refractivity contribution is 7.09. The lowest BCUT2D eigenvalue weighted by Gasteiger charge is -2.23. The molecule has 1 rings (SSSR count). The van der Waals surface area contributed by atoms with Crippen molar-refractivity contribution < 1.29 is 14.7 Å². The second-order valence-corrected chi connectivity index (χ2v) is 5.59. The molecule has 8 nitrogen and oxygen atoms in total. The van der Waals surface area contributed by atoms with Gasteiger partial charge < -0.3 is 10.4 Å². The molecule has 0 saturated carbocycles. The second kappa shape index (κ2) is 6.98. The minimum Gasteiger partial charge on any atom is -0.481 e. The van der Waals surface area contributed by atoms with Gasteiger partial charge in [0.05, 0.1) is 0 Å². The summed E-state index contributed by atoms with van der Waals surface area (Å²) in [6.07, 6.45) is 1.41. The standard InChI is InChI=1S/C10H17N5O3S/c1-10(2,4-3-7(16)17)5-6-11-8(18)12-9-13-14-15-19-9/h3-6H2,1-2H3,(H,16,17)(H2,11,12,13,15,18). The molecule has 0 spiro atoms. The Morgan fingerprint density at radius 2 is 2.11 bits per heavy atom. The van der Waals surface area contributed by atoms with E-state index in [2.05, 4.69) is 25.4 Å². The number of rotatable bonds is 7. The maximum Gasteiger partial charge on any atom is 0.321 e. The molecule has 1 aromatic heterocycles. The van der Waals surface area contributed by atoms with Crippen molar-refractivity contribution in [3.05, 3.63) is 0 Å². The molecule has 0 fully saturated rings. The second-order valence-electron chi connectivity index (χ2n) is 4.86. The number of hydrogen-bond acceptors (Lipinski definition) is 6. The van der Waals surface area contributed by atoms with Crippen molar-refractivity contribution in [3.8, 4) is 0 Å². The Kier molecular flexibility index (Phi) is 5.61. The highest BCUT2D eigenvalue weighted by Crippen LogP contribution is 2.25. The number of nitrogens with zero attached hydrogens (tertiary/aromatic N) is 3. The van der Waals surface area contributed by atoms with E-state index in [0.29, 0.717) is 24.5 Å². The summed E-state index contributed by atoms with van der Waals surface area (Å²) in [5.74, 6) is -0.803. The van der Waals surface area contributed by atoms with Crippen LogP contribution in [-0.4, -0.2) is 38.5 Å². The molecule has 3 N–H and O–H groups in total. The Morgan fingerprint density at radius 3 is 2.68 bits per heavy atom. The van der Waals surface area contributed by atoms with E-state index >= 15 is 0 Å². The molecule has 19 heavy (non-hydrogen) atoms. The Morgan fingerprint density at radius 1 is 1.37 bits per heavy atom. The van der Waals surface area contributed by atoms with Crippen LogP contribution in [-0.2, 0) is 4.79 Å². The summed E-state index contributed by atoms with van der Waals surface area (Å²) in [5, 5.41) is 21.1. The molecule has 0 radical (unpaired) electrons. The van der Waals surface area contributed by atoms with Crippen molar-refractivity contribution in [1.29, 1.82) is 0 Å². The number of hydrogen-bond donors (Lipinski definition) is 3. The Bertz CT molecular complexity index is 421. The number of nitrogens with one attached hydrogen (secondary N) is 2. The van der Waals surface area contributed by atoms with Crippen molar-refractivity contribution in [1.82, 2.24) is 20.1 Å². The first-order valence-electron chi connectivity index (χ1n) is 5.81. The first-order chi connectivity index (χ1) is 8.89. The van der Waals surface area contributed by atoms with Crippen LogP contribution in [0.3, 0.4) is 0 Å². The monoisotopic (exact) mass is 287 g/mol. The summed E-state index contributed by atoms with van der Waals surface area (Å²) in [6.45, 7) is 4.42. The Labute approximate surface area is 114 Å². The summed E-state index contributed by atoms with van der Waals surface area (Å²) in [7, 11) is 0. The van der Waals surface area contributed by atoms with Gasteiger partial charge in [-0.25, -0.2) is 4.79 Å². The van der Waals surface area contributed by atoms with Crippen LogP contribution in [0.25, 0.3) is 0 Å². The number of carboxylic acid groups (broad SMARTS) is 1. The molecular formula is C10H17N5O3S. The maximum absolute atomic E-state index is 11.5. The molecule has 0 bridgehead atoms. The zero-order valence-electron chi connectivity index (χ0n) is 10.8. The van der Waals surface area contributed by atoms with Crippen LogP contribution in [0.15, 0.2) is 0 Å². The summed E-state index contributed by atoms with van der Waals surface area (Å²) < 4.78 is 3.52. The summed E-state index contributed by atoms with van der Waals surface area (Å²) in [4.78, 5) is 22.0. The van der Waals surface area contributed by atoms with Gasteiger partial charge in [0.25, 0.3) is 0 Å². The van der Waals surface area contributed by atoms with Crippen LogP contribution >= 0.6 is 11.5 Å². The smallest absolute Gasteiger partial charge is 0.321 e. The lowest BCUT2D eigenvalue weighted by Crippen LogP contribution is -2.32. The zero-order chi connectivity index (χ0) is 14.3. The SMILES string of the molecule is CC(C)(CCNC(=O)Nc1nnns1)CCC(=O)O. The average molecular weight is 287 g/mol. The van der Waals surface area contributed by atoms with E-state index in [0.717, 1.165) is 11.5 Å². The third-order valence-electron chi connectivity index (χ3n) is 2.62. The van der Waals surface area contributed by atoms with Crippen molar-refractivity contribution in [3.63, 3.8) is 0 Å². The van der Waals surface area contributed by atoms with Gasteiger partial charge >= 0.3 is 12.0 Å². The molecule has 1 heterocycles. The Balaban J connectivity index is 2.21. The van der Waals surface area contributed by atoms with Gasteiger partial charge in [0.15, 0.2) is 0 Å². The van der Waals surface area contributed by atoms with E-state index in [1.807, 2.05) is 13.8 Å². The highest BCUT2D eigenvalue weighted by Gasteiger charge is 2.19. The Hall–Kier alpha value is -1.77. The van der Waals surface area contributed by atoms with Gasteiger partial charge in [0.2, 0.25) is 5.13 Å². The van der Waals surface area contributed by atoms with E-state index in [4.69, 9.17) is 5.11 Å². The van der Waals surface area contributed by atoms with Crippen LogP contribution in [0.1, 0.15) is 33.1 Å². The third-order valence-corrected chi connectivity index (χ3v) is 3.13. The molecule has 0 aromatic carbocycles. The minimum absolute atomic E-state index is 0.129. The average Bonchev–Trinajstić information content (AvgIpc) is 2.79. The zero-order valence-corrected chi connectivity index (χ0v) is 11.7. The van der Waals surface area contributed by atoms with Gasteiger partial charge in [-0.2, -0.15) is 0 Å². The summed E-state index contributed by atoms with van der Waals surface area (Å²) >= 11 is 0.992. The number of urea groups is 1. The lowest BCUT2D eigenvalue weighted by molar-refractivity contribution is -0.137. The van der Waals surface area contributed by atoms with Gasteiger partial charge in [-0.15, -0.1) is 0 Å². The van der Waals surface area contributed by atoms with E-state index in [-0.39, 0.29) is 17.9 Å². The number of carbonyl (C=O) groups is 2. The van der Waals surface area contributed by atoms with E-state index < -0.39 is 5.97 Å². The summed E-state index contributed by atoms with van der Waals surface area (Å²) in [5.41, 5.74) is -0.129. The first-order valence-corrected chi connectivity index (χ1v) is 6.58. The predicted octanol–water partition coefficient (Wildman–Crippen LogP) is 1.34. The molecular weight excluding hydrogens is 270 g/mol. The van der Waals surface area contributed by atoms with Crippen LogP contribution in [0.4, 0.5) is 9.93 Å². The molecule has 1 aromatic rings. The molecule has 2 amide bonds. The van der Waals surface area contributed by atoms with Crippen LogP contribution < -0.4 is 10.6 Å². The molecule has 0 saturated heterocycles. The van der Waals surface area contributed by atoms with Gasteiger partial charge in [-0.3, -0.25) is 10.1 Å². The van der Waals surface area contributed by atoms with E-state index in [1.54, 1.807) is 0 Å². The lowest BCUT2D eigenvalue weighted by atomic mass is 9.84. The number of aromatic nitrogens is 3. The largest absolute Gasteiger partial charge is 0.481 e. The number of aliphatic carboxylic acids is 1. The molecule has 9 heteroatoms. The fourth-order valence-corrected chi connectivity index (χ4v) is 1.77. The molecule has 0 unspecified atom stereocenters. The van der Waals surface area contributed by atoms with Gasteiger partial charge in [-0.1, -0.05) is 23.4 Å². The normalized spacial score (nSPS) is 11.1. The fraction of sp³-hybridized carbons (Fsp3) is 0.700. The van der Waals surface area contributed by atoms with E-state index in [9.17, 15) is 9.59 Å². The fourth-order valence-electron chi connectivity index (χ4n) is 1.41. The molecule has 0 atom stereocenters. The quantitative estimate of drug-likeness (QED) is 0.696. The molecule has 0 aliphatic carbocycles. The highest BCUT2D eigenvalue weighted by atomic mass is 32.1. The van der Waals surface area contributed by atoms with Crippen molar-refractivity contribution in [2.45, 2.75) is 33.1 Å². The number of carboxylic acids is 1. The van der Waals surface area contributed by atoms with Crippen molar-refractivity contribution in [2.24, 2.45) is 5.41 Å². The predicted molar refractivity (Wildman–Crippen MR) is 70.0 cm³/mol. The third kappa shape index (κ3) is 6.65. The van der Waals surface area contributed by atoms with Crippen LogP contribution in [0.5, 0.6) is 0 Å². The molecule has 0 aliphatic heterocycles. The van der Waals surface area contributed by atoms with Crippen LogP contribution in [0, 0.1) is 5.41 Å². The number of carbonyl (C=O) groups excluding carboxylic acids is 1. The topological polar surface area (TPSA) is 117 Å². The maximum atomic E-state index is 11.5. The van der Waals surface area contributed by atoms with Crippen molar-refractivity contribution in [2.75, 3.05) is 11.9 Å². The summed E-state index contributed by atoms with van der Waals surface area (Å²) in [6, 6.07) is -0.368. The molecule has 0 aliphatic rings. The van der Waals surface area contributed by atoms with Gasteiger partial charge in [0.1, 0.15) is 0 Å². The number of anilines is 1. The number of amides is 2. The first kappa shape index (κ1) is 15.3. The molecule has 106 valence electrons. The van der Waals surface area contributed by atoms with Gasteiger partial charge in [0, 0.05) is 24.5 Å².